The highest BCUT2D eigenvalue weighted by Crippen LogP contribution is 2.13. The van der Waals surface area contributed by atoms with Gasteiger partial charge in [0, 0.05) is 19.3 Å². The zero-order chi connectivity index (χ0) is 47.2. The Kier molecular flexibility index (Phi) is 48.2. The normalized spacial score (nSPS) is 13.3. The van der Waals surface area contributed by atoms with Gasteiger partial charge in [-0.25, -0.2) is 0 Å². The van der Waals surface area contributed by atoms with E-state index in [1.165, 1.54) is 32.1 Å². The number of carbonyl (C=O) groups excluding carboxylic acids is 3. The first-order valence-corrected chi connectivity index (χ1v) is 25.4. The third kappa shape index (κ3) is 50.2. The van der Waals surface area contributed by atoms with Crippen molar-refractivity contribution in [3.63, 3.8) is 0 Å². The van der Waals surface area contributed by atoms with Crippen LogP contribution in [0.1, 0.15) is 188 Å². The zero-order valence-corrected chi connectivity index (χ0v) is 41.2. The molecule has 1 atom stereocenters. The van der Waals surface area contributed by atoms with Crippen LogP contribution >= 0.6 is 0 Å². The molecule has 0 bridgehead atoms. The van der Waals surface area contributed by atoms with E-state index in [1.54, 1.807) is 0 Å². The first-order chi connectivity index (χ1) is 32.0. The quantitative estimate of drug-likeness (QED) is 0.0199. The molecule has 0 aliphatic heterocycles. The minimum atomic E-state index is -0.825. The first kappa shape index (κ1) is 60.3. The van der Waals surface area contributed by atoms with E-state index in [-0.39, 0.29) is 44.0 Å². The highest BCUT2D eigenvalue weighted by Gasteiger charge is 2.19. The molecule has 0 saturated carbocycles. The van der Waals surface area contributed by atoms with Gasteiger partial charge in [-0.05, 0) is 89.9 Å². The summed E-state index contributed by atoms with van der Waals surface area (Å²) < 4.78 is 16.7. The Labute approximate surface area is 397 Å². The fraction of sp³-hybridized carbons (Fsp3) is 0.542. The minimum absolute atomic E-state index is 0.120. The molecule has 0 aliphatic carbocycles. The van der Waals surface area contributed by atoms with Gasteiger partial charge in [0.05, 0.1) is 0 Å². The monoisotopic (exact) mass is 895 g/mol. The lowest BCUT2D eigenvalue weighted by Crippen LogP contribution is -2.30. The van der Waals surface area contributed by atoms with Gasteiger partial charge in [0.15, 0.2) is 6.10 Å². The fourth-order valence-electron chi connectivity index (χ4n) is 6.29. The third-order valence-corrected chi connectivity index (χ3v) is 10.0. The van der Waals surface area contributed by atoms with Crippen LogP contribution in [0.5, 0.6) is 0 Å². The lowest BCUT2D eigenvalue weighted by molar-refractivity contribution is -0.167. The van der Waals surface area contributed by atoms with E-state index < -0.39 is 6.10 Å². The van der Waals surface area contributed by atoms with Crippen LogP contribution < -0.4 is 0 Å². The van der Waals surface area contributed by atoms with E-state index in [0.717, 1.165) is 109 Å². The summed E-state index contributed by atoms with van der Waals surface area (Å²) in [5.74, 6) is -1.03. The SMILES string of the molecule is CC\C=C/C=C\C=C/C=C\C=C/CCCC(=O)OCC(COC(=O)CCCCCCCC/C=C\C/C=C\C/C=C\C/C=C\CC)OC(=O)CCCCCCCCC\C=C/C=C\C=C/CC. The molecule has 0 aromatic rings. The smallest absolute Gasteiger partial charge is 0.306 e. The largest absolute Gasteiger partial charge is 0.462 e. The maximum absolute atomic E-state index is 12.8. The first-order valence-electron chi connectivity index (χ1n) is 25.4. The number of allylic oxidation sites excluding steroid dienone is 24. The van der Waals surface area contributed by atoms with Crippen LogP contribution in [0.4, 0.5) is 0 Å². The molecule has 0 aromatic heterocycles. The second-order valence-corrected chi connectivity index (χ2v) is 16.1. The highest BCUT2D eigenvalue weighted by atomic mass is 16.6. The second kappa shape index (κ2) is 51.9. The van der Waals surface area contributed by atoms with Crippen molar-refractivity contribution < 1.29 is 28.6 Å². The topological polar surface area (TPSA) is 78.9 Å². The zero-order valence-electron chi connectivity index (χ0n) is 41.2. The minimum Gasteiger partial charge on any atom is -0.462 e. The van der Waals surface area contributed by atoms with Crippen LogP contribution in [0, 0.1) is 0 Å². The molecule has 0 amide bonds. The second-order valence-electron chi connectivity index (χ2n) is 16.1. The van der Waals surface area contributed by atoms with Crippen LogP contribution in [0.15, 0.2) is 146 Å². The van der Waals surface area contributed by atoms with Crippen molar-refractivity contribution in [1.82, 2.24) is 0 Å². The molecule has 0 saturated heterocycles. The predicted molar refractivity (Wildman–Crippen MR) is 279 cm³/mol. The van der Waals surface area contributed by atoms with Crippen molar-refractivity contribution in [3.05, 3.63) is 146 Å². The molecule has 0 rings (SSSR count). The molecule has 6 nitrogen and oxygen atoms in total. The van der Waals surface area contributed by atoms with Crippen LogP contribution in [0.2, 0.25) is 0 Å². The highest BCUT2D eigenvalue weighted by molar-refractivity contribution is 5.71. The number of unbranched alkanes of at least 4 members (excludes halogenated alkanes) is 14. The summed E-state index contributed by atoms with van der Waals surface area (Å²) in [6, 6.07) is 0. The number of hydrogen-bond donors (Lipinski definition) is 0. The summed E-state index contributed by atoms with van der Waals surface area (Å²) >= 11 is 0. The van der Waals surface area contributed by atoms with Gasteiger partial charge in [-0.15, -0.1) is 0 Å². The maximum atomic E-state index is 12.8. The molecule has 0 fully saturated rings. The van der Waals surface area contributed by atoms with Crippen molar-refractivity contribution in [1.29, 1.82) is 0 Å². The molecule has 0 aromatic carbocycles. The van der Waals surface area contributed by atoms with Gasteiger partial charge in [-0.2, -0.15) is 0 Å². The lowest BCUT2D eigenvalue weighted by Gasteiger charge is -2.18. The van der Waals surface area contributed by atoms with E-state index in [1.807, 2.05) is 54.7 Å². The van der Waals surface area contributed by atoms with Crippen LogP contribution in [-0.2, 0) is 28.6 Å². The fourth-order valence-corrected chi connectivity index (χ4v) is 6.29. The molecule has 1 unspecified atom stereocenters. The van der Waals surface area contributed by atoms with Gasteiger partial charge in [0.2, 0.25) is 0 Å². The van der Waals surface area contributed by atoms with Gasteiger partial charge < -0.3 is 14.2 Å². The Balaban J connectivity index is 4.53. The van der Waals surface area contributed by atoms with Crippen molar-refractivity contribution in [2.45, 2.75) is 194 Å². The molecule has 65 heavy (non-hydrogen) atoms. The van der Waals surface area contributed by atoms with Crippen LogP contribution in [-0.4, -0.2) is 37.2 Å². The average molecular weight is 895 g/mol. The molecular weight excluding hydrogens is 805 g/mol. The summed E-state index contributed by atoms with van der Waals surface area (Å²) in [7, 11) is 0. The summed E-state index contributed by atoms with van der Waals surface area (Å²) in [4.78, 5) is 38.0. The third-order valence-electron chi connectivity index (χ3n) is 10.0. The van der Waals surface area contributed by atoms with Gasteiger partial charge in [0.1, 0.15) is 13.2 Å². The lowest BCUT2D eigenvalue weighted by atomic mass is 10.1. The van der Waals surface area contributed by atoms with Gasteiger partial charge in [-0.3, -0.25) is 14.4 Å². The van der Waals surface area contributed by atoms with Gasteiger partial charge in [-0.1, -0.05) is 224 Å². The Bertz CT molecular complexity index is 1490. The molecule has 362 valence electrons. The molecule has 0 radical (unpaired) electrons. The van der Waals surface area contributed by atoms with Gasteiger partial charge in [0.25, 0.3) is 0 Å². The van der Waals surface area contributed by atoms with E-state index in [0.29, 0.717) is 12.8 Å². The van der Waals surface area contributed by atoms with Crippen LogP contribution in [0.3, 0.4) is 0 Å². The van der Waals surface area contributed by atoms with Crippen LogP contribution in [0.25, 0.3) is 0 Å². The summed E-state index contributed by atoms with van der Waals surface area (Å²) in [6.45, 7) is 6.14. The Morgan fingerprint density at radius 2 is 0.646 bits per heavy atom. The number of ether oxygens (including phenoxy) is 3. The van der Waals surface area contributed by atoms with Crippen molar-refractivity contribution in [2.24, 2.45) is 0 Å². The van der Waals surface area contributed by atoms with E-state index in [2.05, 4.69) is 112 Å². The Morgan fingerprint density at radius 3 is 1.11 bits per heavy atom. The summed E-state index contributed by atoms with van der Waals surface area (Å²) in [6.07, 6.45) is 74.1. The number of esters is 3. The van der Waals surface area contributed by atoms with Crippen molar-refractivity contribution in [3.8, 4) is 0 Å². The molecular formula is C59H90O6. The number of rotatable bonds is 43. The number of hydrogen-bond acceptors (Lipinski definition) is 6. The van der Waals surface area contributed by atoms with Crippen molar-refractivity contribution in [2.75, 3.05) is 13.2 Å². The molecule has 0 heterocycles. The van der Waals surface area contributed by atoms with Gasteiger partial charge >= 0.3 is 17.9 Å². The average Bonchev–Trinajstić information content (AvgIpc) is 3.30. The predicted octanol–water partition coefficient (Wildman–Crippen LogP) is 16.9. The standard InChI is InChI=1S/C59H90O6/c1-4-7-10-13-16-19-22-25-27-28-29-30-32-34-37-40-43-46-49-52-58(61)64-55-56(54-63-57(60)51-48-45-42-39-36-33-24-21-18-15-12-9-6-3)65-59(62)53-50-47-44-41-38-35-31-26-23-20-17-14-11-8-5-2/h7-12,14-21,23-25,27,29-30,33,36,39,42,56H,4-6,13,22,26,28,31-32,34-35,37-38,40-41,43-55H2,1-3H3/b10-7-,11-8-,12-9-,17-14-,18-15-,19-16-,23-20-,24-21-,27-25-,30-29-,36-33-,42-39-. The summed E-state index contributed by atoms with van der Waals surface area (Å²) in [5.41, 5.74) is 0. The maximum Gasteiger partial charge on any atom is 0.306 e. The van der Waals surface area contributed by atoms with E-state index in [9.17, 15) is 14.4 Å². The molecule has 6 heteroatoms. The molecule has 0 N–H and O–H groups in total. The van der Waals surface area contributed by atoms with Crippen molar-refractivity contribution >= 4 is 17.9 Å². The molecule has 0 aliphatic rings. The number of carbonyl (C=O) groups is 3. The van der Waals surface area contributed by atoms with E-state index >= 15 is 0 Å². The summed E-state index contributed by atoms with van der Waals surface area (Å²) in [5, 5.41) is 0. The Morgan fingerprint density at radius 1 is 0.323 bits per heavy atom. The van der Waals surface area contributed by atoms with E-state index in [4.69, 9.17) is 14.2 Å². The Hall–Kier alpha value is -4.71. The molecule has 0 spiro atoms.